The van der Waals surface area contributed by atoms with E-state index in [1.165, 1.54) is 12.1 Å². The third-order valence-electron chi connectivity index (χ3n) is 5.44. The van der Waals surface area contributed by atoms with Gasteiger partial charge in [0.15, 0.2) is 0 Å². The van der Waals surface area contributed by atoms with Gasteiger partial charge in [-0.1, -0.05) is 42.5 Å². The summed E-state index contributed by atoms with van der Waals surface area (Å²) in [6.07, 6.45) is 2.95. The van der Waals surface area contributed by atoms with Crippen molar-refractivity contribution >= 4 is 23.6 Å². The molecule has 1 atom stereocenters. The second-order valence-electron chi connectivity index (χ2n) is 8.20. The normalized spacial score (nSPS) is 11.1. The summed E-state index contributed by atoms with van der Waals surface area (Å²) in [6, 6.07) is 17.7. The van der Waals surface area contributed by atoms with Gasteiger partial charge in [0.2, 0.25) is 11.8 Å². The minimum Gasteiger partial charge on any atom is -0.550 e. The Balaban J connectivity index is 0.00000481. The fourth-order valence-electron chi connectivity index (χ4n) is 3.58. The number of carboxylic acid groups (broad SMARTS) is 1. The van der Waals surface area contributed by atoms with E-state index in [2.05, 4.69) is 20.9 Å². The van der Waals surface area contributed by atoms with Crippen LogP contribution in [-0.4, -0.2) is 35.9 Å². The zero-order valence-electron chi connectivity index (χ0n) is 20.7. The van der Waals surface area contributed by atoms with Crippen LogP contribution in [0.5, 0.6) is 0 Å². The molecule has 0 saturated carbocycles. The molecular formula is C27H28FN4NaO4. The number of aliphatic carboxylic acids is 1. The molecule has 188 valence electrons. The van der Waals surface area contributed by atoms with Crippen molar-refractivity contribution < 1.29 is 53.4 Å². The van der Waals surface area contributed by atoms with E-state index in [0.29, 0.717) is 18.5 Å². The average molecular weight is 515 g/mol. The number of rotatable bonds is 13. The Morgan fingerprint density at radius 1 is 0.892 bits per heavy atom. The van der Waals surface area contributed by atoms with Crippen molar-refractivity contribution in [2.24, 2.45) is 0 Å². The molecule has 1 heterocycles. The molecule has 0 fully saturated rings. The van der Waals surface area contributed by atoms with Gasteiger partial charge in [0, 0.05) is 31.6 Å². The number of carbonyl (C=O) groups excluding carboxylic acids is 3. The number of aromatic nitrogens is 1. The molecule has 2 aromatic carbocycles. The minimum atomic E-state index is -1.31. The number of carbonyl (C=O) groups is 3. The third kappa shape index (κ3) is 10.7. The molecule has 2 amide bonds. The van der Waals surface area contributed by atoms with Gasteiger partial charge in [-0.15, -0.1) is 0 Å². The molecule has 0 radical (unpaired) electrons. The number of carboxylic acids is 1. The third-order valence-corrected chi connectivity index (χ3v) is 5.44. The molecule has 3 aromatic rings. The maximum Gasteiger partial charge on any atom is 1.00 e. The predicted octanol–water partition coefficient (Wildman–Crippen LogP) is -0.412. The Morgan fingerprint density at radius 2 is 1.57 bits per heavy atom. The topological polar surface area (TPSA) is 123 Å². The van der Waals surface area contributed by atoms with Crippen molar-refractivity contribution in [1.82, 2.24) is 15.6 Å². The van der Waals surface area contributed by atoms with Gasteiger partial charge in [-0.3, -0.25) is 9.59 Å². The first-order chi connectivity index (χ1) is 17.4. The first-order valence-corrected chi connectivity index (χ1v) is 11.7. The van der Waals surface area contributed by atoms with Crippen LogP contribution in [0.2, 0.25) is 0 Å². The molecule has 0 bridgehead atoms. The number of hydrogen-bond donors (Lipinski definition) is 3. The van der Waals surface area contributed by atoms with E-state index in [0.717, 1.165) is 23.4 Å². The molecule has 3 rings (SSSR count). The molecule has 0 aliphatic rings. The van der Waals surface area contributed by atoms with Gasteiger partial charge < -0.3 is 25.9 Å². The fraction of sp³-hybridized carbons (Fsp3) is 0.259. The monoisotopic (exact) mass is 514 g/mol. The number of halogens is 1. The largest absolute Gasteiger partial charge is 1.00 e. The van der Waals surface area contributed by atoms with Gasteiger partial charge in [-0.25, -0.2) is 9.37 Å². The zero-order chi connectivity index (χ0) is 25.8. The van der Waals surface area contributed by atoms with E-state index in [9.17, 15) is 23.9 Å². The number of nitrogens with one attached hydrogen (secondary N) is 3. The van der Waals surface area contributed by atoms with Gasteiger partial charge in [-0.2, -0.15) is 0 Å². The van der Waals surface area contributed by atoms with Crippen LogP contribution in [0.4, 0.5) is 10.2 Å². The summed E-state index contributed by atoms with van der Waals surface area (Å²) in [5, 5.41) is 19.6. The molecule has 10 heteroatoms. The maximum atomic E-state index is 13.1. The van der Waals surface area contributed by atoms with E-state index < -0.39 is 24.3 Å². The summed E-state index contributed by atoms with van der Waals surface area (Å²) >= 11 is 0. The second kappa shape index (κ2) is 15.8. The Kier molecular flexibility index (Phi) is 12.8. The van der Waals surface area contributed by atoms with E-state index in [1.54, 1.807) is 42.6 Å². The number of hydrogen-bond acceptors (Lipinski definition) is 6. The van der Waals surface area contributed by atoms with Crippen molar-refractivity contribution in [3.63, 3.8) is 0 Å². The van der Waals surface area contributed by atoms with Gasteiger partial charge in [-0.05, 0) is 53.8 Å². The molecule has 1 aromatic heterocycles. The first kappa shape index (κ1) is 30.0. The molecular weight excluding hydrogens is 486 g/mol. The average Bonchev–Trinajstić information content (AvgIpc) is 2.88. The first-order valence-electron chi connectivity index (χ1n) is 11.7. The van der Waals surface area contributed by atoms with E-state index >= 15 is 0 Å². The van der Waals surface area contributed by atoms with E-state index in [4.69, 9.17) is 0 Å². The van der Waals surface area contributed by atoms with E-state index in [-0.39, 0.29) is 54.2 Å². The Morgan fingerprint density at radius 3 is 2.19 bits per heavy atom. The molecule has 8 nitrogen and oxygen atoms in total. The van der Waals surface area contributed by atoms with Crippen LogP contribution in [0.1, 0.15) is 37.3 Å². The minimum absolute atomic E-state index is 0. The molecule has 0 aliphatic heterocycles. The van der Waals surface area contributed by atoms with Crippen LogP contribution in [0.25, 0.3) is 11.1 Å². The van der Waals surface area contributed by atoms with Gasteiger partial charge in [0.25, 0.3) is 0 Å². The Bertz CT molecular complexity index is 1150. The van der Waals surface area contributed by atoms with Crippen LogP contribution in [-0.2, 0) is 14.4 Å². The molecule has 0 aliphatic carbocycles. The molecule has 37 heavy (non-hydrogen) atoms. The van der Waals surface area contributed by atoms with Crippen molar-refractivity contribution in [2.45, 2.75) is 31.7 Å². The molecule has 0 saturated heterocycles. The Hall–Kier alpha value is -3.27. The number of unbranched alkanes of at least 4 members (excludes halogenated alkanes) is 1. The predicted molar refractivity (Wildman–Crippen MR) is 132 cm³/mol. The van der Waals surface area contributed by atoms with Crippen LogP contribution < -0.4 is 50.6 Å². The van der Waals surface area contributed by atoms with Gasteiger partial charge >= 0.3 is 29.6 Å². The fourth-order valence-corrected chi connectivity index (χ4v) is 3.58. The van der Waals surface area contributed by atoms with Gasteiger partial charge in [0.1, 0.15) is 11.6 Å². The molecule has 3 N–H and O–H groups in total. The standard InChI is InChI=1S/C27H29FN4O4.Na/c28-22-13-11-20(12-14-22)19-7-9-21(10-8-19)23(17-27(35)36)32-26(34)18-31-25(33)6-2-4-16-30-24-5-1-3-15-29-24;/h1,3,5,7-15,23H,2,4,6,16-18H2,(H,29,30)(H,31,33)(H,32,34)(H,35,36);/q;+1/p-1. The van der Waals surface area contributed by atoms with Crippen molar-refractivity contribution in [3.05, 3.63) is 84.3 Å². The second-order valence-corrected chi connectivity index (χ2v) is 8.20. The summed E-state index contributed by atoms with van der Waals surface area (Å²) < 4.78 is 13.1. The van der Waals surface area contributed by atoms with Crippen LogP contribution in [0.3, 0.4) is 0 Å². The summed E-state index contributed by atoms with van der Waals surface area (Å²) in [5.74, 6) is -1.64. The van der Waals surface area contributed by atoms with Crippen LogP contribution >= 0.6 is 0 Å². The van der Waals surface area contributed by atoms with Crippen LogP contribution in [0.15, 0.2) is 72.9 Å². The number of benzene rings is 2. The van der Waals surface area contributed by atoms with E-state index in [1.807, 2.05) is 18.2 Å². The smallest absolute Gasteiger partial charge is 0.550 e. The van der Waals surface area contributed by atoms with Crippen molar-refractivity contribution in [3.8, 4) is 11.1 Å². The number of pyridine rings is 1. The van der Waals surface area contributed by atoms with Gasteiger partial charge in [0.05, 0.1) is 12.6 Å². The maximum absolute atomic E-state index is 13.1. The SMILES string of the molecule is O=C([O-])CC(NC(=O)CNC(=O)CCCCNc1ccccn1)c1ccc(-c2ccc(F)cc2)cc1.[Na+]. The van der Waals surface area contributed by atoms with Crippen molar-refractivity contribution in [2.75, 3.05) is 18.4 Å². The summed E-state index contributed by atoms with van der Waals surface area (Å²) in [5.41, 5.74) is 2.20. The summed E-state index contributed by atoms with van der Waals surface area (Å²) in [7, 11) is 0. The molecule has 1 unspecified atom stereocenters. The van der Waals surface area contributed by atoms with Crippen LogP contribution in [0, 0.1) is 5.82 Å². The molecule has 0 spiro atoms. The summed E-state index contributed by atoms with van der Waals surface area (Å²) in [6.45, 7) is 0.415. The number of anilines is 1. The number of nitrogens with zero attached hydrogens (tertiary/aromatic N) is 1. The number of amides is 2. The zero-order valence-corrected chi connectivity index (χ0v) is 22.7. The Labute approximate surface area is 237 Å². The van der Waals surface area contributed by atoms with Crippen molar-refractivity contribution in [1.29, 1.82) is 0 Å². The quantitative estimate of drug-likeness (QED) is 0.211. The summed E-state index contributed by atoms with van der Waals surface area (Å²) in [4.78, 5) is 39.8.